The lowest BCUT2D eigenvalue weighted by Gasteiger charge is -2.61. The monoisotopic (exact) mass is 715 g/mol. The van der Waals surface area contributed by atoms with E-state index in [-0.39, 0.29) is 16.2 Å². The molecule has 0 amide bonds. The van der Waals surface area contributed by atoms with Gasteiger partial charge >= 0.3 is 0 Å². The van der Waals surface area contributed by atoms with E-state index >= 15 is 0 Å². The lowest BCUT2D eigenvalue weighted by atomic mass is 9.43. The molecule has 12 rings (SSSR count). The summed E-state index contributed by atoms with van der Waals surface area (Å²) in [5, 5.41) is 0. The Bertz CT molecular complexity index is 2400. The van der Waals surface area contributed by atoms with Crippen LogP contribution in [-0.4, -0.2) is 0 Å². The summed E-state index contributed by atoms with van der Waals surface area (Å²) < 4.78 is 0. The van der Waals surface area contributed by atoms with Crippen LogP contribution >= 0.6 is 0 Å². The molecule has 4 fully saturated rings. The Morgan fingerprint density at radius 3 is 1.64 bits per heavy atom. The average Bonchev–Trinajstić information content (AvgIpc) is 3.50. The van der Waals surface area contributed by atoms with Gasteiger partial charge in [0.15, 0.2) is 0 Å². The zero-order valence-electron chi connectivity index (χ0n) is 33.0. The van der Waals surface area contributed by atoms with Crippen LogP contribution in [-0.2, 0) is 16.2 Å². The number of benzene rings is 6. The summed E-state index contributed by atoms with van der Waals surface area (Å²) >= 11 is 0. The third-order valence-corrected chi connectivity index (χ3v) is 15.3. The fourth-order valence-electron chi connectivity index (χ4n) is 12.8. The van der Waals surface area contributed by atoms with Crippen LogP contribution in [0.15, 0.2) is 140 Å². The summed E-state index contributed by atoms with van der Waals surface area (Å²) in [6.45, 7) is 9.80. The number of hydrogen-bond donors (Lipinski definition) is 0. The standard InChI is InChI=1S/C54H53N/c1-52(2)26-27-53(3,4)49-34-44(23-25-47(49)52)55(43-21-18-39(19-22-43)37-12-7-5-8-13-37)50-17-11-16-48-51(50)45-33-40(38-14-9-6-10-15-38)20-24-46(45)54(48)41-29-35-28-36(31-41)32-42(54)30-35/h5-25,33-36,41-42H,26-32H2,1-4H3. The maximum atomic E-state index is 2.62. The van der Waals surface area contributed by atoms with E-state index in [1.165, 1.54) is 107 Å². The first-order chi connectivity index (χ1) is 26.7. The second-order valence-corrected chi connectivity index (χ2v) is 19.2. The van der Waals surface area contributed by atoms with Crippen molar-refractivity contribution in [2.75, 3.05) is 4.90 Å². The van der Waals surface area contributed by atoms with E-state index in [9.17, 15) is 0 Å². The molecule has 6 aromatic rings. The smallest absolute Gasteiger partial charge is 0.0543 e. The van der Waals surface area contributed by atoms with Crippen LogP contribution in [0.5, 0.6) is 0 Å². The molecule has 0 unspecified atom stereocenters. The zero-order valence-corrected chi connectivity index (χ0v) is 33.0. The normalized spacial score (nSPS) is 26.0. The molecule has 6 aliphatic carbocycles. The van der Waals surface area contributed by atoms with E-state index in [0.717, 1.165) is 11.8 Å². The van der Waals surface area contributed by atoms with E-state index in [0.29, 0.717) is 11.8 Å². The average molecular weight is 716 g/mol. The highest BCUT2D eigenvalue weighted by Crippen LogP contribution is 2.70. The molecule has 1 nitrogen and oxygen atoms in total. The Morgan fingerprint density at radius 2 is 0.982 bits per heavy atom. The highest BCUT2D eigenvalue weighted by atomic mass is 15.1. The van der Waals surface area contributed by atoms with Gasteiger partial charge in [-0.05, 0) is 166 Å². The molecule has 4 saturated carbocycles. The van der Waals surface area contributed by atoms with Crippen LogP contribution in [0.25, 0.3) is 33.4 Å². The van der Waals surface area contributed by atoms with Crippen molar-refractivity contribution in [2.45, 2.75) is 88.9 Å². The van der Waals surface area contributed by atoms with Crippen LogP contribution < -0.4 is 4.90 Å². The molecule has 0 N–H and O–H groups in total. The van der Waals surface area contributed by atoms with Gasteiger partial charge in [-0.15, -0.1) is 0 Å². The minimum absolute atomic E-state index is 0.0913. The molecule has 6 aliphatic rings. The van der Waals surface area contributed by atoms with Gasteiger partial charge in [0.05, 0.1) is 5.69 Å². The Labute approximate surface area is 328 Å². The third kappa shape index (κ3) is 4.97. The summed E-state index contributed by atoms with van der Waals surface area (Å²) in [5.41, 5.74) is 18.4. The Morgan fingerprint density at radius 1 is 0.436 bits per heavy atom. The molecule has 0 aromatic heterocycles. The molecule has 0 saturated heterocycles. The summed E-state index contributed by atoms with van der Waals surface area (Å²) in [7, 11) is 0. The fraction of sp³-hybridized carbons (Fsp3) is 0.333. The fourth-order valence-corrected chi connectivity index (χ4v) is 12.8. The van der Waals surface area contributed by atoms with E-state index in [1.807, 2.05) is 0 Å². The quantitative estimate of drug-likeness (QED) is 0.172. The number of fused-ring (bicyclic) bond motifs is 4. The molecule has 1 spiro atoms. The van der Waals surface area contributed by atoms with Gasteiger partial charge in [0.25, 0.3) is 0 Å². The summed E-state index contributed by atoms with van der Waals surface area (Å²) in [5.74, 6) is 3.25. The van der Waals surface area contributed by atoms with Gasteiger partial charge in [-0.2, -0.15) is 0 Å². The van der Waals surface area contributed by atoms with Crippen LogP contribution in [0.3, 0.4) is 0 Å². The molecular formula is C54H53N. The van der Waals surface area contributed by atoms with Crippen LogP contribution in [0.2, 0.25) is 0 Å². The van der Waals surface area contributed by atoms with Crippen molar-refractivity contribution in [1.82, 2.24) is 0 Å². The van der Waals surface area contributed by atoms with Gasteiger partial charge in [0.1, 0.15) is 0 Å². The third-order valence-electron chi connectivity index (χ3n) is 15.3. The van der Waals surface area contributed by atoms with Gasteiger partial charge in [0, 0.05) is 22.4 Å². The van der Waals surface area contributed by atoms with Gasteiger partial charge in [0.2, 0.25) is 0 Å². The first-order valence-corrected chi connectivity index (χ1v) is 21.2. The molecule has 274 valence electrons. The lowest BCUT2D eigenvalue weighted by Crippen LogP contribution is -2.55. The first-order valence-electron chi connectivity index (χ1n) is 21.2. The van der Waals surface area contributed by atoms with Gasteiger partial charge < -0.3 is 4.90 Å². The second kappa shape index (κ2) is 12.1. The minimum Gasteiger partial charge on any atom is -0.310 e. The van der Waals surface area contributed by atoms with Crippen molar-refractivity contribution in [3.05, 3.63) is 162 Å². The molecule has 0 atom stereocenters. The predicted octanol–water partition coefficient (Wildman–Crippen LogP) is 14.6. The SMILES string of the molecule is CC1(C)CCC(C)(C)c2cc(N(c3ccc(-c4ccccc4)cc3)c3cccc4c3-c3cc(-c5ccccc5)ccc3C43C4CC5CC(C4)CC3C5)ccc21. The van der Waals surface area contributed by atoms with Crippen LogP contribution in [0, 0.1) is 23.7 Å². The molecule has 0 aliphatic heterocycles. The summed E-state index contributed by atoms with van der Waals surface area (Å²) in [6, 6.07) is 53.7. The first kappa shape index (κ1) is 33.5. The molecule has 0 heterocycles. The largest absolute Gasteiger partial charge is 0.310 e. The Kier molecular flexibility index (Phi) is 7.34. The molecule has 6 aromatic carbocycles. The van der Waals surface area contributed by atoms with Crippen LogP contribution in [0.1, 0.15) is 94.9 Å². The van der Waals surface area contributed by atoms with E-state index in [4.69, 9.17) is 0 Å². The highest BCUT2D eigenvalue weighted by Gasteiger charge is 2.62. The Hall–Kier alpha value is -4.88. The minimum atomic E-state index is 0.0913. The maximum Gasteiger partial charge on any atom is 0.0543 e. The number of hydrogen-bond acceptors (Lipinski definition) is 1. The van der Waals surface area contributed by atoms with Crippen molar-refractivity contribution in [2.24, 2.45) is 23.7 Å². The van der Waals surface area contributed by atoms with Crippen LogP contribution in [0.4, 0.5) is 17.1 Å². The van der Waals surface area contributed by atoms with Gasteiger partial charge in [-0.1, -0.05) is 131 Å². The van der Waals surface area contributed by atoms with Crippen molar-refractivity contribution >= 4 is 17.1 Å². The predicted molar refractivity (Wildman–Crippen MR) is 231 cm³/mol. The Balaban J connectivity index is 1.16. The second-order valence-electron chi connectivity index (χ2n) is 19.2. The van der Waals surface area contributed by atoms with Gasteiger partial charge in [-0.25, -0.2) is 0 Å². The highest BCUT2D eigenvalue weighted by molar-refractivity contribution is 5.97. The topological polar surface area (TPSA) is 3.24 Å². The number of rotatable bonds is 5. The number of anilines is 3. The van der Waals surface area contributed by atoms with Crippen molar-refractivity contribution < 1.29 is 0 Å². The molecule has 1 heteroatoms. The molecule has 55 heavy (non-hydrogen) atoms. The van der Waals surface area contributed by atoms with Crippen molar-refractivity contribution in [1.29, 1.82) is 0 Å². The molecule has 4 bridgehead atoms. The maximum absolute atomic E-state index is 2.62. The molecule has 0 radical (unpaired) electrons. The van der Waals surface area contributed by atoms with Crippen molar-refractivity contribution in [3.63, 3.8) is 0 Å². The number of nitrogens with zero attached hydrogens (tertiary/aromatic N) is 1. The lowest BCUT2D eigenvalue weighted by molar-refractivity contribution is -0.0399. The summed E-state index contributed by atoms with van der Waals surface area (Å²) in [6.07, 6.45) is 9.43. The van der Waals surface area contributed by atoms with Crippen molar-refractivity contribution in [3.8, 4) is 33.4 Å². The zero-order chi connectivity index (χ0) is 37.1. The van der Waals surface area contributed by atoms with E-state index in [2.05, 4.69) is 172 Å². The van der Waals surface area contributed by atoms with E-state index < -0.39 is 0 Å². The van der Waals surface area contributed by atoms with Gasteiger partial charge in [-0.3, -0.25) is 0 Å². The summed E-state index contributed by atoms with van der Waals surface area (Å²) in [4.78, 5) is 2.62. The molecular weight excluding hydrogens is 663 g/mol. The van der Waals surface area contributed by atoms with E-state index in [1.54, 1.807) is 11.1 Å².